The number of anilines is 1. The van der Waals surface area contributed by atoms with Gasteiger partial charge in [0.05, 0.1) is 7.11 Å². The van der Waals surface area contributed by atoms with Crippen LogP contribution < -0.4 is 15.0 Å². The van der Waals surface area contributed by atoms with Gasteiger partial charge in [-0.05, 0) is 42.7 Å². The predicted molar refractivity (Wildman–Crippen MR) is 110 cm³/mol. The van der Waals surface area contributed by atoms with Crippen LogP contribution >= 0.6 is 11.6 Å². The fourth-order valence-electron chi connectivity index (χ4n) is 3.41. The van der Waals surface area contributed by atoms with Crippen molar-refractivity contribution in [3.05, 3.63) is 58.6 Å². The van der Waals surface area contributed by atoms with Crippen LogP contribution in [0.4, 0.5) is 10.5 Å². The van der Waals surface area contributed by atoms with Crippen molar-refractivity contribution >= 4 is 23.3 Å². The first-order valence-electron chi connectivity index (χ1n) is 9.25. The largest absolute Gasteiger partial charge is 0.496 e. The second-order valence-corrected chi connectivity index (χ2v) is 7.06. The van der Waals surface area contributed by atoms with E-state index < -0.39 is 0 Å². The van der Waals surface area contributed by atoms with Crippen molar-refractivity contribution in [1.29, 1.82) is 0 Å². The van der Waals surface area contributed by atoms with E-state index in [1.807, 2.05) is 48.2 Å². The Morgan fingerprint density at radius 3 is 2.59 bits per heavy atom. The summed E-state index contributed by atoms with van der Waals surface area (Å²) in [4.78, 5) is 16.6. The Morgan fingerprint density at radius 1 is 1.11 bits per heavy atom. The quantitative estimate of drug-likeness (QED) is 0.850. The summed E-state index contributed by atoms with van der Waals surface area (Å²) in [5, 5.41) is 3.80. The molecule has 144 valence electrons. The van der Waals surface area contributed by atoms with Gasteiger partial charge in [0.1, 0.15) is 5.75 Å². The Morgan fingerprint density at radius 2 is 1.85 bits per heavy atom. The molecule has 1 saturated heterocycles. The Labute approximate surface area is 165 Å². The van der Waals surface area contributed by atoms with E-state index in [0.717, 1.165) is 47.1 Å². The van der Waals surface area contributed by atoms with Gasteiger partial charge in [0.15, 0.2) is 0 Å². The zero-order valence-electron chi connectivity index (χ0n) is 15.9. The van der Waals surface area contributed by atoms with Gasteiger partial charge in [-0.15, -0.1) is 0 Å². The highest BCUT2D eigenvalue weighted by atomic mass is 35.5. The highest BCUT2D eigenvalue weighted by Gasteiger charge is 2.22. The lowest BCUT2D eigenvalue weighted by atomic mass is 10.1. The normalized spacial score (nSPS) is 14.2. The third kappa shape index (κ3) is 4.66. The predicted octanol–water partition coefficient (Wildman–Crippen LogP) is 3.73. The molecule has 1 aliphatic rings. The summed E-state index contributed by atoms with van der Waals surface area (Å²) in [5.41, 5.74) is 3.34. The molecule has 2 aromatic carbocycles. The number of halogens is 1. The van der Waals surface area contributed by atoms with Crippen molar-refractivity contribution in [2.75, 3.05) is 44.7 Å². The van der Waals surface area contributed by atoms with Crippen molar-refractivity contribution in [3.63, 3.8) is 0 Å². The van der Waals surface area contributed by atoms with E-state index >= 15 is 0 Å². The minimum absolute atomic E-state index is 0.00707. The average molecular weight is 388 g/mol. The number of ether oxygens (including phenoxy) is 1. The number of hydrogen-bond donors (Lipinski definition) is 1. The Balaban J connectivity index is 1.48. The van der Waals surface area contributed by atoms with Gasteiger partial charge in [-0.1, -0.05) is 35.9 Å². The molecule has 27 heavy (non-hydrogen) atoms. The minimum Gasteiger partial charge on any atom is -0.496 e. The number of methoxy groups -OCH3 is 1. The number of nitrogens with one attached hydrogen (secondary N) is 1. The van der Waals surface area contributed by atoms with Crippen LogP contribution in [0, 0.1) is 6.92 Å². The van der Waals surface area contributed by atoms with Gasteiger partial charge in [0.25, 0.3) is 0 Å². The maximum Gasteiger partial charge on any atom is 0.317 e. The van der Waals surface area contributed by atoms with E-state index in [2.05, 4.69) is 16.3 Å². The van der Waals surface area contributed by atoms with E-state index in [1.165, 1.54) is 0 Å². The van der Waals surface area contributed by atoms with Gasteiger partial charge in [-0.25, -0.2) is 4.79 Å². The lowest BCUT2D eigenvalue weighted by Gasteiger charge is -2.36. The van der Waals surface area contributed by atoms with E-state index in [9.17, 15) is 4.79 Å². The van der Waals surface area contributed by atoms with Gasteiger partial charge in [0, 0.05) is 43.4 Å². The molecule has 0 atom stereocenters. The molecule has 0 spiro atoms. The smallest absolute Gasteiger partial charge is 0.317 e. The number of amides is 2. The molecule has 0 saturated carbocycles. The first kappa shape index (κ1) is 19.4. The van der Waals surface area contributed by atoms with Gasteiger partial charge in [-0.2, -0.15) is 0 Å². The number of para-hydroxylation sites is 1. The molecule has 1 aliphatic heterocycles. The van der Waals surface area contributed by atoms with Crippen LogP contribution in [0.1, 0.15) is 11.1 Å². The van der Waals surface area contributed by atoms with E-state index in [4.69, 9.17) is 16.3 Å². The van der Waals surface area contributed by atoms with Crippen LogP contribution in [0.25, 0.3) is 0 Å². The van der Waals surface area contributed by atoms with E-state index in [0.29, 0.717) is 19.6 Å². The fourth-order valence-corrected chi connectivity index (χ4v) is 3.58. The van der Waals surface area contributed by atoms with Crippen molar-refractivity contribution in [1.82, 2.24) is 10.2 Å². The van der Waals surface area contributed by atoms with Crippen LogP contribution in [0.2, 0.25) is 5.02 Å². The molecule has 3 rings (SSSR count). The SMILES string of the molecule is COc1ccccc1CCNC(=O)N1CCN(c2cccc(Cl)c2C)CC1. The molecular formula is C21H26ClN3O2. The maximum absolute atomic E-state index is 12.5. The van der Waals surface area contributed by atoms with Crippen LogP contribution in [0.3, 0.4) is 0 Å². The topological polar surface area (TPSA) is 44.8 Å². The molecule has 0 unspecified atom stereocenters. The number of urea groups is 1. The molecule has 6 heteroatoms. The van der Waals surface area contributed by atoms with Crippen LogP contribution in [0.5, 0.6) is 5.75 Å². The second kappa shape index (κ2) is 9.00. The summed E-state index contributed by atoms with van der Waals surface area (Å²) in [6, 6.07) is 13.9. The number of carbonyl (C=O) groups excluding carboxylic acids is 1. The number of carbonyl (C=O) groups is 1. The van der Waals surface area contributed by atoms with E-state index in [1.54, 1.807) is 7.11 Å². The van der Waals surface area contributed by atoms with Crippen molar-refractivity contribution in [3.8, 4) is 5.75 Å². The monoisotopic (exact) mass is 387 g/mol. The highest BCUT2D eigenvalue weighted by molar-refractivity contribution is 6.31. The molecule has 0 aliphatic carbocycles. The standard InChI is InChI=1S/C21H26ClN3O2/c1-16-18(22)7-5-8-19(16)24-12-14-25(15-13-24)21(26)23-11-10-17-6-3-4-9-20(17)27-2/h3-9H,10-15H2,1-2H3,(H,23,26). The van der Waals surface area contributed by atoms with Gasteiger partial charge >= 0.3 is 6.03 Å². The number of benzene rings is 2. The molecule has 1 fully saturated rings. The summed E-state index contributed by atoms with van der Waals surface area (Å²) in [7, 11) is 1.67. The Hall–Kier alpha value is -2.40. The van der Waals surface area contributed by atoms with Gasteiger partial charge in [-0.3, -0.25) is 0 Å². The van der Waals surface area contributed by atoms with Crippen molar-refractivity contribution < 1.29 is 9.53 Å². The summed E-state index contributed by atoms with van der Waals surface area (Å²) < 4.78 is 5.35. The number of nitrogens with zero attached hydrogens (tertiary/aromatic N) is 2. The van der Waals surface area contributed by atoms with Crippen molar-refractivity contribution in [2.24, 2.45) is 0 Å². The van der Waals surface area contributed by atoms with Gasteiger partial charge in [0.2, 0.25) is 0 Å². The summed E-state index contributed by atoms with van der Waals surface area (Å²) >= 11 is 6.23. The summed E-state index contributed by atoms with van der Waals surface area (Å²) in [6.45, 7) is 5.64. The zero-order chi connectivity index (χ0) is 19.2. The molecule has 0 aromatic heterocycles. The van der Waals surface area contributed by atoms with Crippen molar-refractivity contribution in [2.45, 2.75) is 13.3 Å². The Bertz CT molecular complexity index is 789. The molecule has 1 N–H and O–H groups in total. The van der Waals surface area contributed by atoms with Gasteiger partial charge < -0.3 is 19.9 Å². The van der Waals surface area contributed by atoms with E-state index in [-0.39, 0.29) is 6.03 Å². The third-order valence-corrected chi connectivity index (χ3v) is 5.42. The van der Waals surface area contributed by atoms with Crippen LogP contribution in [-0.2, 0) is 6.42 Å². The Kier molecular flexibility index (Phi) is 6.45. The molecule has 1 heterocycles. The minimum atomic E-state index is -0.00707. The van der Waals surface area contributed by atoms with Crippen LogP contribution in [0.15, 0.2) is 42.5 Å². The number of piperazine rings is 1. The summed E-state index contributed by atoms with van der Waals surface area (Å²) in [5.74, 6) is 0.859. The lowest BCUT2D eigenvalue weighted by molar-refractivity contribution is 0.194. The molecule has 5 nitrogen and oxygen atoms in total. The molecule has 0 bridgehead atoms. The molecule has 0 radical (unpaired) electrons. The number of rotatable bonds is 5. The molecular weight excluding hydrogens is 362 g/mol. The lowest BCUT2D eigenvalue weighted by Crippen LogP contribution is -2.52. The fraction of sp³-hybridized carbons (Fsp3) is 0.381. The first-order chi connectivity index (χ1) is 13.1. The highest BCUT2D eigenvalue weighted by Crippen LogP contribution is 2.27. The third-order valence-electron chi connectivity index (χ3n) is 5.01. The van der Waals surface area contributed by atoms with Crippen LogP contribution in [-0.4, -0.2) is 50.8 Å². The number of hydrogen-bond acceptors (Lipinski definition) is 3. The summed E-state index contributed by atoms with van der Waals surface area (Å²) in [6.07, 6.45) is 0.747. The average Bonchev–Trinajstić information content (AvgIpc) is 2.70. The molecule has 2 aromatic rings. The maximum atomic E-state index is 12.5. The molecule has 2 amide bonds. The first-order valence-corrected chi connectivity index (χ1v) is 9.62. The second-order valence-electron chi connectivity index (χ2n) is 6.65. The zero-order valence-corrected chi connectivity index (χ0v) is 16.6.